The van der Waals surface area contributed by atoms with Crippen molar-refractivity contribution in [3.8, 4) is 0 Å². The fourth-order valence-corrected chi connectivity index (χ4v) is 2.96. The number of quaternary nitrogens is 1. The van der Waals surface area contributed by atoms with Crippen molar-refractivity contribution in [1.82, 2.24) is 0 Å². The van der Waals surface area contributed by atoms with Crippen LogP contribution in [0.4, 0.5) is 18.9 Å². The third-order valence-electron chi connectivity index (χ3n) is 4.42. The van der Waals surface area contributed by atoms with E-state index in [4.69, 9.17) is 0 Å². The van der Waals surface area contributed by atoms with Crippen LogP contribution in [0.15, 0.2) is 12.1 Å². The first-order chi connectivity index (χ1) is 10.4. The molecule has 3 nitrogen and oxygen atoms in total. The van der Waals surface area contributed by atoms with Crippen LogP contribution >= 0.6 is 0 Å². The molecule has 1 aromatic carbocycles. The summed E-state index contributed by atoms with van der Waals surface area (Å²) in [6.07, 6.45) is 4.56. The van der Waals surface area contributed by atoms with Crippen molar-refractivity contribution in [3.05, 3.63) is 29.6 Å². The summed E-state index contributed by atoms with van der Waals surface area (Å²) in [7, 11) is 0. The molecule has 0 saturated heterocycles. The quantitative estimate of drug-likeness (QED) is 0.824. The Morgan fingerprint density at radius 3 is 2.59 bits per heavy atom. The molecule has 0 unspecified atom stereocenters. The van der Waals surface area contributed by atoms with Gasteiger partial charge in [-0.25, -0.2) is 13.2 Å². The predicted octanol–water partition coefficient (Wildman–Crippen LogP) is 2.57. The lowest BCUT2D eigenvalue weighted by Crippen LogP contribution is -2.97. The number of anilines is 1. The van der Waals surface area contributed by atoms with Crippen molar-refractivity contribution in [2.75, 3.05) is 5.32 Å². The van der Waals surface area contributed by atoms with Gasteiger partial charge in [0.05, 0.1) is 11.7 Å². The van der Waals surface area contributed by atoms with E-state index in [1.807, 2.05) is 5.32 Å². The molecule has 122 valence electrons. The number of halogens is 3. The molecule has 1 saturated carbocycles. The molecule has 0 aliphatic heterocycles. The number of hydrogen-bond donors (Lipinski definition) is 2. The van der Waals surface area contributed by atoms with Crippen LogP contribution in [0, 0.1) is 23.4 Å². The van der Waals surface area contributed by atoms with Crippen molar-refractivity contribution in [2.45, 2.75) is 51.6 Å². The SMILES string of the molecule is C[C@H]([NH2+][C@H]1CCCC[C@@H]1C)C(=O)Nc1ccc(F)c(F)c1F. The zero-order valence-electron chi connectivity index (χ0n) is 12.8. The first kappa shape index (κ1) is 16.8. The number of hydrogen-bond acceptors (Lipinski definition) is 1. The second-order valence-electron chi connectivity index (χ2n) is 6.12. The lowest BCUT2D eigenvalue weighted by molar-refractivity contribution is -0.714. The van der Waals surface area contributed by atoms with Gasteiger partial charge in [0.1, 0.15) is 0 Å². The summed E-state index contributed by atoms with van der Waals surface area (Å²) in [6, 6.07) is 1.77. The van der Waals surface area contributed by atoms with Gasteiger partial charge in [-0.1, -0.05) is 13.3 Å². The summed E-state index contributed by atoms with van der Waals surface area (Å²) in [6.45, 7) is 3.90. The largest absolute Gasteiger partial charge is 0.334 e. The summed E-state index contributed by atoms with van der Waals surface area (Å²) in [5.74, 6) is -4.10. The van der Waals surface area contributed by atoms with Gasteiger partial charge in [-0.3, -0.25) is 4.79 Å². The van der Waals surface area contributed by atoms with Gasteiger partial charge < -0.3 is 10.6 Å². The number of benzene rings is 1. The Morgan fingerprint density at radius 1 is 1.23 bits per heavy atom. The van der Waals surface area contributed by atoms with Gasteiger partial charge in [-0.05, 0) is 38.3 Å². The van der Waals surface area contributed by atoms with Crippen LogP contribution in [0.3, 0.4) is 0 Å². The van der Waals surface area contributed by atoms with Crippen LogP contribution < -0.4 is 10.6 Å². The Kier molecular flexibility index (Phi) is 5.45. The Morgan fingerprint density at radius 2 is 1.91 bits per heavy atom. The zero-order valence-corrected chi connectivity index (χ0v) is 12.8. The molecule has 0 bridgehead atoms. The molecule has 3 N–H and O–H groups in total. The van der Waals surface area contributed by atoms with Gasteiger partial charge in [0.25, 0.3) is 5.91 Å². The van der Waals surface area contributed by atoms with E-state index in [1.165, 1.54) is 6.42 Å². The van der Waals surface area contributed by atoms with Gasteiger partial charge in [0.2, 0.25) is 0 Å². The van der Waals surface area contributed by atoms with Crippen molar-refractivity contribution in [2.24, 2.45) is 5.92 Å². The van der Waals surface area contributed by atoms with E-state index in [2.05, 4.69) is 12.2 Å². The lowest BCUT2D eigenvalue weighted by atomic mass is 9.85. The molecule has 2 rings (SSSR count). The average molecular weight is 315 g/mol. The first-order valence-electron chi connectivity index (χ1n) is 7.69. The molecular formula is C16H22F3N2O+. The van der Waals surface area contributed by atoms with Gasteiger partial charge in [0.15, 0.2) is 23.5 Å². The minimum absolute atomic E-state index is 0.333. The van der Waals surface area contributed by atoms with Crippen LogP contribution in [-0.4, -0.2) is 18.0 Å². The highest BCUT2D eigenvalue weighted by atomic mass is 19.2. The molecule has 1 aliphatic carbocycles. The second kappa shape index (κ2) is 7.13. The first-order valence-corrected chi connectivity index (χ1v) is 7.69. The average Bonchev–Trinajstić information content (AvgIpc) is 2.50. The molecule has 3 atom stereocenters. The summed E-state index contributed by atoms with van der Waals surface area (Å²) < 4.78 is 39.6. The van der Waals surface area contributed by atoms with E-state index in [0.29, 0.717) is 12.0 Å². The van der Waals surface area contributed by atoms with Crippen LogP contribution in [-0.2, 0) is 4.79 Å². The predicted molar refractivity (Wildman–Crippen MR) is 77.8 cm³/mol. The highest BCUT2D eigenvalue weighted by Crippen LogP contribution is 2.22. The van der Waals surface area contributed by atoms with Crippen molar-refractivity contribution < 1.29 is 23.3 Å². The van der Waals surface area contributed by atoms with E-state index in [9.17, 15) is 18.0 Å². The smallest absolute Gasteiger partial charge is 0.282 e. The Hall–Kier alpha value is -1.56. The summed E-state index contributed by atoms with van der Waals surface area (Å²) in [5.41, 5.74) is -0.333. The Labute approximate surface area is 128 Å². The summed E-state index contributed by atoms with van der Waals surface area (Å²) in [5, 5.41) is 4.31. The Balaban J connectivity index is 1.98. The number of nitrogens with one attached hydrogen (secondary N) is 1. The van der Waals surface area contributed by atoms with Crippen molar-refractivity contribution in [3.63, 3.8) is 0 Å². The number of amides is 1. The monoisotopic (exact) mass is 315 g/mol. The summed E-state index contributed by atoms with van der Waals surface area (Å²) in [4.78, 5) is 12.1. The maximum Gasteiger partial charge on any atom is 0.282 e. The van der Waals surface area contributed by atoms with E-state index >= 15 is 0 Å². The minimum Gasteiger partial charge on any atom is -0.334 e. The van der Waals surface area contributed by atoms with Gasteiger partial charge >= 0.3 is 0 Å². The van der Waals surface area contributed by atoms with Gasteiger partial charge in [-0.15, -0.1) is 0 Å². The molecule has 1 aliphatic rings. The maximum atomic E-state index is 13.6. The van der Waals surface area contributed by atoms with E-state index < -0.39 is 29.4 Å². The van der Waals surface area contributed by atoms with E-state index in [1.54, 1.807) is 6.92 Å². The van der Waals surface area contributed by atoms with E-state index in [-0.39, 0.29) is 5.69 Å². The highest BCUT2D eigenvalue weighted by molar-refractivity contribution is 5.93. The van der Waals surface area contributed by atoms with Crippen LogP contribution in [0.1, 0.15) is 39.5 Å². The van der Waals surface area contributed by atoms with Crippen molar-refractivity contribution in [1.29, 1.82) is 0 Å². The third-order valence-corrected chi connectivity index (χ3v) is 4.42. The number of carbonyl (C=O) groups excluding carboxylic acids is 1. The molecule has 1 aromatic rings. The van der Waals surface area contributed by atoms with Crippen LogP contribution in [0.2, 0.25) is 0 Å². The number of carbonyl (C=O) groups is 1. The topological polar surface area (TPSA) is 45.7 Å². The van der Waals surface area contributed by atoms with Crippen molar-refractivity contribution >= 4 is 11.6 Å². The molecule has 6 heteroatoms. The Bertz CT molecular complexity index is 550. The second-order valence-corrected chi connectivity index (χ2v) is 6.12. The molecule has 0 spiro atoms. The number of rotatable bonds is 4. The standard InChI is InChI=1S/C16H21F3N2O/c1-9-5-3-4-6-12(9)20-10(2)16(22)21-13-8-7-11(17)14(18)15(13)19/h7-10,12,20H,3-6H2,1-2H3,(H,21,22)/p+1/t9-,10-,12-/m0/s1. The van der Waals surface area contributed by atoms with Crippen LogP contribution in [0.25, 0.3) is 0 Å². The molecular weight excluding hydrogens is 293 g/mol. The maximum absolute atomic E-state index is 13.6. The molecule has 1 fully saturated rings. The molecule has 0 aromatic heterocycles. The van der Waals surface area contributed by atoms with Crippen LogP contribution in [0.5, 0.6) is 0 Å². The molecule has 1 amide bonds. The van der Waals surface area contributed by atoms with E-state index in [0.717, 1.165) is 31.4 Å². The third kappa shape index (κ3) is 3.80. The molecule has 0 radical (unpaired) electrons. The summed E-state index contributed by atoms with van der Waals surface area (Å²) >= 11 is 0. The minimum atomic E-state index is -1.57. The molecule has 22 heavy (non-hydrogen) atoms. The normalized spacial score (nSPS) is 23.1. The fraction of sp³-hybridized carbons (Fsp3) is 0.562. The lowest BCUT2D eigenvalue weighted by Gasteiger charge is -2.28. The fourth-order valence-electron chi connectivity index (χ4n) is 2.96. The van der Waals surface area contributed by atoms with Gasteiger partial charge in [0, 0.05) is 5.92 Å². The molecule has 0 heterocycles. The number of nitrogens with two attached hydrogens (primary N) is 1. The van der Waals surface area contributed by atoms with Gasteiger partial charge in [-0.2, -0.15) is 0 Å². The zero-order chi connectivity index (χ0) is 16.3. The highest BCUT2D eigenvalue weighted by Gasteiger charge is 2.29.